The van der Waals surface area contributed by atoms with Crippen LogP contribution in [0.3, 0.4) is 0 Å². The zero-order valence-corrected chi connectivity index (χ0v) is 13.6. The molecule has 1 aromatic rings. The summed E-state index contributed by atoms with van der Waals surface area (Å²) >= 11 is 6.46. The van der Waals surface area contributed by atoms with Crippen LogP contribution in [-0.2, 0) is 0 Å². The molecule has 1 rings (SSSR count). The first-order valence-electron chi connectivity index (χ1n) is 7.30. The first-order chi connectivity index (χ1) is 9.01. The summed E-state index contributed by atoms with van der Waals surface area (Å²) in [5, 5.41) is 4.33. The van der Waals surface area contributed by atoms with Crippen LogP contribution in [-0.4, -0.2) is 19.1 Å². The largest absolute Gasteiger partial charge is 0.368 e. The number of hydrogen-bond acceptors (Lipinski definition) is 2. The average Bonchev–Trinajstić information content (AvgIpc) is 2.38. The van der Waals surface area contributed by atoms with E-state index in [9.17, 15) is 0 Å². The minimum atomic E-state index is 0.348. The van der Waals surface area contributed by atoms with Gasteiger partial charge in [-0.05, 0) is 58.4 Å². The summed E-state index contributed by atoms with van der Waals surface area (Å²) in [6.45, 7) is 12.9. The van der Waals surface area contributed by atoms with Crippen molar-refractivity contribution >= 4 is 17.3 Å². The maximum atomic E-state index is 6.46. The van der Waals surface area contributed by atoms with Gasteiger partial charge in [-0.1, -0.05) is 24.6 Å². The smallest absolute Gasteiger partial charge is 0.0642 e. The summed E-state index contributed by atoms with van der Waals surface area (Å²) in [5.41, 5.74) is 2.38. The van der Waals surface area contributed by atoms with E-state index in [0.717, 1.165) is 30.2 Å². The van der Waals surface area contributed by atoms with Crippen LogP contribution in [0.5, 0.6) is 0 Å². The van der Waals surface area contributed by atoms with E-state index >= 15 is 0 Å². The number of anilines is 1. The summed E-state index contributed by atoms with van der Waals surface area (Å²) in [5.74, 6) is 0. The van der Waals surface area contributed by atoms with E-state index in [4.69, 9.17) is 11.6 Å². The third-order valence-corrected chi connectivity index (χ3v) is 3.75. The van der Waals surface area contributed by atoms with Gasteiger partial charge in [0.1, 0.15) is 0 Å². The van der Waals surface area contributed by atoms with Gasteiger partial charge < -0.3 is 10.2 Å². The molecule has 0 radical (unpaired) electrons. The molecule has 0 heterocycles. The first-order valence-corrected chi connectivity index (χ1v) is 7.68. The minimum Gasteiger partial charge on any atom is -0.368 e. The molecule has 1 unspecified atom stereocenters. The van der Waals surface area contributed by atoms with E-state index in [1.807, 2.05) is 0 Å². The molecule has 0 aliphatic carbocycles. The molecule has 0 bridgehead atoms. The lowest BCUT2D eigenvalue weighted by atomic mass is 10.1. The third-order valence-electron chi connectivity index (χ3n) is 3.45. The lowest BCUT2D eigenvalue weighted by molar-refractivity contribution is 0.570. The lowest BCUT2D eigenvalue weighted by Gasteiger charge is -2.29. The maximum absolute atomic E-state index is 6.46. The maximum Gasteiger partial charge on any atom is 0.0642 e. The van der Waals surface area contributed by atoms with Crippen LogP contribution in [0.15, 0.2) is 18.2 Å². The van der Waals surface area contributed by atoms with E-state index in [1.54, 1.807) is 0 Å². The Morgan fingerprint density at radius 2 is 1.89 bits per heavy atom. The van der Waals surface area contributed by atoms with E-state index in [2.05, 4.69) is 63.0 Å². The van der Waals surface area contributed by atoms with Crippen LogP contribution in [0.1, 0.15) is 52.6 Å². The normalized spacial score (nSPS) is 12.8. The highest BCUT2D eigenvalue weighted by molar-refractivity contribution is 6.33. The van der Waals surface area contributed by atoms with E-state index in [1.165, 1.54) is 5.56 Å². The molecule has 1 aromatic carbocycles. The van der Waals surface area contributed by atoms with Crippen molar-refractivity contribution in [3.63, 3.8) is 0 Å². The van der Waals surface area contributed by atoms with Crippen LogP contribution in [0.2, 0.25) is 5.02 Å². The molecule has 0 amide bonds. The fraction of sp³-hybridized carbons (Fsp3) is 0.625. The Kier molecular flexibility index (Phi) is 6.67. The quantitative estimate of drug-likeness (QED) is 0.784. The van der Waals surface area contributed by atoms with Crippen molar-refractivity contribution in [1.82, 2.24) is 5.32 Å². The Balaban J connectivity index is 2.90. The summed E-state index contributed by atoms with van der Waals surface area (Å²) in [4.78, 5) is 2.32. The molecular formula is C16H27ClN2. The van der Waals surface area contributed by atoms with Crippen molar-refractivity contribution in [2.45, 2.75) is 53.1 Å². The van der Waals surface area contributed by atoms with E-state index < -0.39 is 0 Å². The van der Waals surface area contributed by atoms with Gasteiger partial charge in [-0.25, -0.2) is 0 Å². The van der Waals surface area contributed by atoms with Gasteiger partial charge in [0.15, 0.2) is 0 Å². The van der Waals surface area contributed by atoms with E-state index in [-0.39, 0.29) is 0 Å². The van der Waals surface area contributed by atoms with Gasteiger partial charge in [0, 0.05) is 18.6 Å². The monoisotopic (exact) mass is 282 g/mol. The molecule has 0 aliphatic heterocycles. The molecular weight excluding hydrogens is 256 g/mol. The van der Waals surface area contributed by atoms with Crippen LogP contribution >= 0.6 is 11.6 Å². The Bertz CT molecular complexity index is 390. The van der Waals surface area contributed by atoms with Gasteiger partial charge in [-0.2, -0.15) is 0 Å². The van der Waals surface area contributed by atoms with Crippen LogP contribution in [0.4, 0.5) is 5.69 Å². The number of nitrogens with zero attached hydrogens (tertiary/aromatic N) is 1. The zero-order chi connectivity index (χ0) is 14.4. The Hall–Kier alpha value is -0.730. The molecule has 3 heteroatoms. The second-order valence-electron chi connectivity index (χ2n) is 5.27. The summed E-state index contributed by atoms with van der Waals surface area (Å²) in [6.07, 6.45) is 1.15. The number of benzene rings is 1. The Morgan fingerprint density at radius 3 is 2.37 bits per heavy atom. The molecule has 0 aromatic heterocycles. The van der Waals surface area contributed by atoms with Crippen LogP contribution in [0.25, 0.3) is 0 Å². The van der Waals surface area contributed by atoms with Gasteiger partial charge >= 0.3 is 0 Å². The summed E-state index contributed by atoms with van der Waals surface area (Å²) < 4.78 is 0. The van der Waals surface area contributed by atoms with Gasteiger partial charge in [-0.3, -0.25) is 0 Å². The molecule has 0 fully saturated rings. The summed E-state index contributed by atoms with van der Waals surface area (Å²) in [7, 11) is 0. The zero-order valence-electron chi connectivity index (χ0n) is 12.8. The van der Waals surface area contributed by atoms with Crippen molar-refractivity contribution in [3.8, 4) is 0 Å². The highest BCUT2D eigenvalue weighted by atomic mass is 35.5. The fourth-order valence-corrected chi connectivity index (χ4v) is 2.62. The van der Waals surface area contributed by atoms with Crippen molar-refractivity contribution in [2.75, 3.05) is 18.0 Å². The standard InChI is InChI=1S/C16H27ClN2/c1-6-10-18-13(5)14-8-9-16(15(17)11-14)19(7-2)12(3)4/h8-9,11-13,18H,6-7,10H2,1-5H3. The predicted octanol–water partition coefficient (Wildman–Crippen LogP) is 4.64. The average molecular weight is 283 g/mol. The highest BCUT2D eigenvalue weighted by Crippen LogP contribution is 2.30. The number of nitrogens with one attached hydrogen (secondary N) is 1. The van der Waals surface area contributed by atoms with E-state index in [0.29, 0.717) is 12.1 Å². The molecule has 0 aliphatic rings. The molecule has 0 saturated heterocycles. The molecule has 0 saturated carbocycles. The number of halogens is 1. The van der Waals surface area contributed by atoms with Crippen LogP contribution < -0.4 is 10.2 Å². The molecule has 1 atom stereocenters. The molecule has 2 nitrogen and oxygen atoms in total. The van der Waals surface area contributed by atoms with Gasteiger partial charge in [0.25, 0.3) is 0 Å². The van der Waals surface area contributed by atoms with Gasteiger partial charge in [0.2, 0.25) is 0 Å². The highest BCUT2D eigenvalue weighted by Gasteiger charge is 2.13. The van der Waals surface area contributed by atoms with Crippen molar-refractivity contribution in [3.05, 3.63) is 28.8 Å². The van der Waals surface area contributed by atoms with Crippen LogP contribution in [0, 0.1) is 0 Å². The Labute approximate surface area is 123 Å². The topological polar surface area (TPSA) is 15.3 Å². The van der Waals surface area contributed by atoms with Gasteiger partial charge in [-0.15, -0.1) is 0 Å². The third kappa shape index (κ3) is 4.39. The second kappa shape index (κ2) is 7.76. The number of hydrogen-bond donors (Lipinski definition) is 1. The SMILES string of the molecule is CCCNC(C)c1ccc(N(CC)C(C)C)c(Cl)c1. The minimum absolute atomic E-state index is 0.348. The first kappa shape index (κ1) is 16.3. The summed E-state index contributed by atoms with van der Waals surface area (Å²) in [6, 6.07) is 7.23. The molecule has 108 valence electrons. The number of rotatable bonds is 7. The van der Waals surface area contributed by atoms with Gasteiger partial charge in [0.05, 0.1) is 10.7 Å². The molecule has 0 spiro atoms. The molecule has 19 heavy (non-hydrogen) atoms. The second-order valence-corrected chi connectivity index (χ2v) is 5.67. The Morgan fingerprint density at radius 1 is 1.21 bits per heavy atom. The molecule has 1 N–H and O–H groups in total. The van der Waals surface area contributed by atoms with Crippen molar-refractivity contribution in [2.24, 2.45) is 0 Å². The lowest BCUT2D eigenvalue weighted by Crippen LogP contribution is -2.30. The van der Waals surface area contributed by atoms with Crippen molar-refractivity contribution in [1.29, 1.82) is 0 Å². The predicted molar refractivity (Wildman–Crippen MR) is 86.3 cm³/mol. The van der Waals surface area contributed by atoms with Crippen molar-refractivity contribution < 1.29 is 0 Å². The fourth-order valence-electron chi connectivity index (χ4n) is 2.32.